The zero-order valence-corrected chi connectivity index (χ0v) is 16.3. The van der Waals surface area contributed by atoms with Gasteiger partial charge in [-0.2, -0.15) is 0 Å². The maximum Gasteiger partial charge on any atom is 0.295 e. The molecule has 0 spiro atoms. The first-order valence-electron chi connectivity index (χ1n) is 9.27. The van der Waals surface area contributed by atoms with Crippen LogP contribution in [0.15, 0.2) is 54.1 Å². The van der Waals surface area contributed by atoms with Gasteiger partial charge in [0.15, 0.2) is 0 Å². The Morgan fingerprint density at radius 2 is 1.86 bits per heavy atom. The van der Waals surface area contributed by atoms with E-state index in [4.69, 9.17) is 9.47 Å². The van der Waals surface area contributed by atoms with E-state index in [0.29, 0.717) is 23.5 Å². The Kier molecular flexibility index (Phi) is 6.19. The predicted octanol–water partition coefficient (Wildman–Crippen LogP) is 2.86. The first kappa shape index (κ1) is 20.4. The van der Waals surface area contributed by atoms with Crippen molar-refractivity contribution in [3.05, 3.63) is 65.2 Å². The molecule has 7 nitrogen and oxygen atoms in total. The minimum Gasteiger partial charge on any atom is -0.508 e. The van der Waals surface area contributed by atoms with Gasteiger partial charge in [0.05, 0.1) is 24.8 Å². The van der Waals surface area contributed by atoms with Gasteiger partial charge in [0.25, 0.3) is 11.7 Å². The number of ether oxygens (including phenoxy) is 2. The highest BCUT2D eigenvalue weighted by Crippen LogP contribution is 2.39. The number of aliphatic hydroxyl groups is 1. The lowest BCUT2D eigenvalue weighted by Gasteiger charge is -2.25. The average Bonchev–Trinajstić information content (AvgIpc) is 2.97. The van der Waals surface area contributed by atoms with Gasteiger partial charge in [0.1, 0.15) is 17.3 Å². The fraction of sp³-hybridized carbons (Fsp3) is 0.273. The molecule has 3 rings (SSSR count). The van der Waals surface area contributed by atoms with Crippen molar-refractivity contribution in [3.8, 4) is 11.5 Å². The van der Waals surface area contributed by atoms with Crippen molar-refractivity contribution in [2.75, 3.05) is 26.9 Å². The summed E-state index contributed by atoms with van der Waals surface area (Å²) in [5.74, 6) is -1.14. The third kappa shape index (κ3) is 4.09. The standard InChI is InChI=1S/C22H23NO6/c1-3-29-17-6-4-5-15(13-17)20(25)18-19(14-7-9-16(24)10-8-14)23(11-12-28-2)22(27)21(18)26/h4-10,13,19,24-25H,3,11-12H2,1-2H3/b20-18+. The summed E-state index contributed by atoms with van der Waals surface area (Å²) in [6.45, 7) is 2.72. The molecule has 2 N–H and O–H groups in total. The zero-order valence-electron chi connectivity index (χ0n) is 16.3. The summed E-state index contributed by atoms with van der Waals surface area (Å²) in [4.78, 5) is 26.9. The molecule has 0 bridgehead atoms. The van der Waals surface area contributed by atoms with Crippen LogP contribution in [-0.2, 0) is 14.3 Å². The molecule has 29 heavy (non-hydrogen) atoms. The first-order chi connectivity index (χ1) is 14.0. The molecule has 152 valence electrons. The van der Waals surface area contributed by atoms with Crippen molar-refractivity contribution in [1.29, 1.82) is 0 Å². The van der Waals surface area contributed by atoms with Crippen LogP contribution in [0.1, 0.15) is 24.1 Å². The number of phenolic OH excluding ortho intramolecular Hbond substituents is 1. The molecule has 2 aromatic rings. The molecular weight excluding hydrogens is 374 g/mol. The van der Waals surface area contributed by atoms with Crippen molar-refractivity contribution in [3.63, 3.8) is 0 Å². The van der Waals surface area contributed by atoms with Crippen LogP contribution in [0.25, 0.3) is 5.76 Å². The fourth-order valence-corrected chi connectivity index (χ4v) is 3.36. The number of rotatable bonds is 7. The van der Waals surface area contributed by atoms with Gasteiger partial charge in [-0.25, -0.2) is 0 Å². The molecule has 0 saturated carbocycles. The number of phenols is 1. The minimum atomic E-state index is -0.790. The second kappa shape index (κ2) is 8.79. The van der Waals surface area contributed by atoms with E-state index < -0.39 is 17.7 Å². The van der Waals surface area contributed by atoms with Gasteiger partial charge in [-0.15, -0.1) is 0 Å². The lowest BCUT2D eigenvalue weighted by Crippen LogP contribution is -2.32. The monoisotopic (exact) mass is 397 g/mol. The maximum atomic E-state index is 12.8. The predicted molar refractivity (Wildman–Crippen MR) is 107 cm³/mol. The van der Waals surface area contributed by atoms with Gasteiger partial charge in [-0.05, 0) is 36.8 Å². The van der Waals surface area contributed by atoms with Crippen molar-refractivity contribution in [1.82, 2.24) is 4.90 Å². The number of methoxy groups -OCH3 is 1. The second-order valence-corrected chi connectivity index (χ2v) is 6.54. The molecule has 7 heteroatoms. The maximum absolute atomic E-state index is 12.8. The number of benzene rings is 2. The highest BCUT2D eigenvalue weighted by Gasteiger charge is 2.45. The van der Waals surface area contributed by atoms with Gasteiger partial charge >= 0.3 is 0 Å². The highest BCUT2D eigenvalue weighted by molar-refractivity contribution is 6.46. The van der Waals surface area contributed by atoms with Gasteiger partial charge in [-0.1, -0.05) is 24.3 Å². The molecule has 0 radical (unpaired) electrons. The smallest absolute Gasteiger partial charge is 0.295 e. The SMILES string of the molecule is CCOc1cccc(/C(O)=C2\C(=O)C(=O)N(CCOC)C2c2ccc(O)cc2)c1. The third-order valence-electron chi connectivity index (χ3n) is 4.70. The van der Waals surface area contributed by atoms with Crippen molar-refractivity contribution < 1.29 is 29.3 Å². The Balaban J connectivity index is 2.13. The molecule has 2 aromatic carbocycles. The van der Waals surface area contributed by atoms with Crippen LogP contribution in [0.2, 0.25) is 0 Å². The lowest BCUT2D eigenvalue weighted by atomic mass is 9.95. The molecule has 1 amide bonds. The molecule has 1 saturated heterocycles. The van der Waals surface area contributed by atoms with E-state index >= 15 is 0 Å². The highest BCUT2D eigenvalue weighted by atomic mass is 16.5. The molecule has 1 atom stereocenters. The number of amides is 1. The third-order valence-corrected chi connectivity index (χ3v) is 4.70. The number of hydrogen-bond acceptors (Lipinski definition) is 6. The Labute approximate surface area is 168 Å². The summed E-state index contributed by atoms with van der Waals surface area (Å²) >= 11 is 0. The van der Waals surface area contributed by atoms with Gasteiger partial charge in [0, 0.05) is 19.2 Å². The largest absolute Gasteiger partial charge is 0.508 e. The zero-order chi connectivity index (χ0) is 21.0. The summed E-state index contributed by atoms with van der Waals surface area (Å²) in [5, 5.41) is 20.6. The summed E-state index contributed by atoms with van der Waals surface area (Å²) in [7, 11) is 1.51. The van der Waals surface area contributed by atoms with E-state index in [1.54, 1.807) is 36.4 Å². The Morgan fingerprint density at radius 3 is 2.52 bits per heavy atom. The number of Topliss-reactive ketones (excluding diaryl/α,β-unsaturated/α-hetero) is 1. The number of likely N-dealkylation sites (tertiary alicyclic amines) is 1. The molecule has 1 aliphatic rings. The molecule has 1 fully saturated rings. The van der Waals surface area contributed by atoms with E-state index in [9.17, 15) is 19.8 Å². The molecule has 1 unspecified atom stereocenters. The molecule has 1 aliphatic heterocycles. The van der Waals surface area contributed by atoms with Gasteiger partial charge in [-0.3, -0.25) is 9.59 Å². The van der Waals surface area contributed by atoms with Crippen molar-refractivity contribution >= 4 is 17.4 Å². The van der Waals surface area contributed by atoms with Crippen LogP contribution in [0.3, 0.4) is 0 Å². The summed E-state index contributed by atoms with van der Waals surface area (Å²) < 4.78 is 10.5. The van der Waals surface area contributed by atoms with E-state index in [0.717, 1.165) is 0 Å². The Bertz CT molecular complexity index is 935. The number of nitrogens with zero attached hydrogens (tertiary/aromatic N) is 1. The van der Waals surface area contributed by atoms with Gasteiger partial charge < -0.3 is 24.6 Å². The lowest BCUT2D eigenvalue weighted by molar-refractivity contribution is -0.140. The van der Waals surface area contributed by atoms with E-state index in [1.165, 1.54) is 24.1 Å². The number of carbonyl (C=O) groups is 2. The Hall–Kier alpha value is -3.32. The van der Waals surface area contributed by atoms with Crippen molar-refractivity contribution in [2.24, 2.45) is 0 Å². The van der Waals surface area contributed by atoms with Crippen molar-refractivity contribution in [2.45, 2.75) is 13.0 Å². The van der Waals surface area contributed by atoms with Gasteiger partial charge in [0.2, 0.25) is 0 Å². The Morgan fingerprint density at radius 1 is 1.14 bits per heavy atom. The quantitative estimate of drug-likeness (QED) is 0.424. The molecule has 0 aliphatic carbocycles. The summed E-state index contributed by atoms with van der Waals surface area (Å²) in [5.41, 5.74) is 0.968. The van der Waals surface area contributed by atoms with E-state index in [1.807, 2.05) is 6.92 Å². The number of ketones is 1. The van der Waals surface area contributed by atoms with E-state index in [2.05, 4.69) is 0 Å². The second-order valence-electron chi connectivity index (χ2n) is 6.54. The van der Waals surface area contributed by atoms with Crippen LogP contribution in [-0.4, -0.2) is 53.7 Å². The topological polar surface area (TPSA) is 96.3 Å². The summed E-state index contributed by atoms with van der Waals surface area (Å²) in [6.07, 6.45) is 0. The van der Waals surface area contributed by atoms with E-state index in [-0.39, 0.29) is 30.2 Å². The van der Waals surface area contributed by atoms with Crippen LogP contribution in [0, 0.1) is 0 Å². The number of hydrogen-bond donors (Lipinski definition) is 2. The normalized spacial score (nSPS) is 18.3. The molecule has 0 aromatic heterocycles. The molecule has 1 heterocycles. The van der Waals surface area contributed by atoms with Crippen LogP contribution < -0.4 is 4.74 Å². The first-order valence-corrected chi connectivity index (χ1v) is 9.27. The van der Waals surface area contributed by atoms with Crippen LogP contribution in [0.4, 0.5) is 0 Å². The number of aromatic hydroxyl groups is 1. The van der Waals surface area contributed by atoms with Crippen LogP contribution in [0.5, 0.6) is 11.5 Å². The number of aliphatic hydroxyl groups excluding tert-OH is 1. The van der Waals surface area contributed by atoms with Crippen LogP contribution >= 0.6 is 0 Å². The average molecular weight is 397 g/mol. The molecular formula is C22H23NO6. The minimum absolute atomic E-state index is 0.00885. The fourth-order valence-electron chi connectivity index (χ4n) is 3.36. The summed E-state index contributed by atoms with van der Waals surface area (Å²) in [6, 6.07) is 12.1. The number of carbonyl (C=O) groups excluding carboxylic acids is 2.